The van der Waals surface area contributed by atoms with Crippen LogP contribution >= 0.6 is 11.3 Å². The Morgan fingerprint density at radius 1 is 1.12 bits per heavy atom. The molecule has 0 fully saturated rings. The van der Waals surface area contributed by atoms with Gasteiger partial charge in [-0.15, -0.1) is 11.3 Å². The van der Waals surface area contributed by atoms with Crippen molar-refractivity contribution in [1.29, 1.82) is 0 Å². The highest BCUT2D eigenvalue weighted by Crippen LogP contribution is 2.20. The first-order valence-corrected chi connectivity index (χ1v) is 10.1. The number of hydrogen-bond acceptors (Lipinski definition) is 3. The minimum atomic E-state index is -1.26. The van der Waals surface area contributed by atoms with E-state index in [2.05, 4.69) is 5.32 Å². The lowest BCUT2D eigenvalue weighted by molar-refractivity contribution is -0.120. The number of nitrogens with one attached hydrogen (secondary N) is 1. The molecule has 124 valence electrons. The number of thiophene rings is 1. The largest absolute Gasteiger partial charge is 0.350 e. The van der Waals surface area contributed by atoms with E-state index in [4.69, 9.17) is 0 Å². The van der Waals surface area contributed by atoms with Gasteiger partial charge in [-0.25, -0.2) is 0 Å². The highest BCUT2D eigenvalue weighted by atomic mass is 32.2. The summed E-state index contributed by atoms with van der Waals surface area (Å²) in [4.78, 5) is 13.3. The topological polar surface area (TPSA) is 46.2 Å². The lowest BCUT2D eigenvalue weighted by Gasteiger charge is -2.13. The smallest absolute Gasteiger partial charge is 0.235 e. The zero-order valence-corrected chi connectivity index (χ0v) is 15.0. The number of carbonyl (C=O) groups is 1. The van der Waals surface area contributed by atoms with Crippen molar-refractivity contribution in [2.45, 2.75) is 24.5 Å². The zero-order chi connectivity index (χ0) is 16.9. The van der Waals surface area contributed by atoms with E-state index in [1.165, 1.54) is 0 Å². The van der Waals surface area contributed by atoms with Crippen molar-refractivity contribution >= 4 is 38.8 Å². The van der Waals surface area contributed by atoms with Gasteiger partial charge < -0.3 is 5.32 Å². The van der Waals surface area contributed by atoms with E-state index in [0.717, 1.165) is 21.2 Å². The summed E-state index contributed by atoms with van der Waals surface area (Å²) in [7, 11) is -1.26. The fourth-order valence-corrected chi connectivity index (χ4v) is 4.32. The van der Waals surface area contributed by atoms with Gasteiger partial charge in [0.25, 0.3) is 0 Å². The van der Waals surface area contributed by atoms with Crippen LogP contribution in [-0.4, -0.2) is 15.4 Å². The SMILES string of the molecule is C[C@H](C(=O)NCc1cccs1)[S@](=O)Cc1cccc2ccccc12. The Hall–Kier alpha value is -1.98. The van der Waals surface area contributed by atoms with Crippen LogP contribution in [0.25, 0.3) is 10.8 Å². The van der Waals surface area contributed by atoms with Crippen LogP contribution in [0.4, 0.5) is 0 Å². The molecule has 3 aromatic rings. The van der Waals surface area contributed by atoms with Crippen LogP contribution in [0.3, 0.4) is 0 Å². The molecule has 0 aliphatic carbocycles. The molecule has 1 amide bonds. The average molecular weight is 358 g/mol. The van der Waals surface area contributed by atoms with E-state index in [1.54, 1.807) is 18.3 Å². The Morgan fingerprint density at radius 2 is 1.92 bits per heavy atom. The summed E-state index contributed by atoms with van der Waals surface area (Å²) in [5.74, 6) is 0.219. The second kappa shape index (κ2) is 7.73. The molecule has 3 rings (SSSR count). The molecular weight excluding hydrogens is 338 g/mol. The summed E-state index contributed by atoms with van der Waals surface area (Å²) in [6, 6.07) is 18.0. The van der Waals surface area contributed by atoms with Crippen LogP contribution in [-0.2, 0) is 27.9 Å². The van der Waals surface area contributed by atoms with Crippen LogP contribution in [0.5, 0.6) is 0 Å². The van der Waals surface area contributed by atoms with Crippen molar-refractivity contribution < 1.29 is 9.00 Å². The minimum Gasteiger partial charge on any atom is -0.350 e. The van der Waals surface area contributed by atoms with Crippen molar-refractivity contribution in [3.63, 3.8) is 0 Å². The highest BCUT2D eigenvalue weighted by Gasteiger charge is 2.20. The van der Waals surface area contributed by atoms with Gasteiger partial charge in [-0.2, -0.15) is 0 Å². The first-order chi connectivity index (χ1) is 11.6. The Bertz CT molecular complexity index is 853. The minimum absolute atomic E-state index is 0.165. The van der Waals surface area contributed by atoms with Gasteiger partial charge in [0, 0.05) is 21.4 Å². The van der Waals surface area contributed by atoms with Gasteiger partial charge in [0.2, 0.25) is 5.91 Å². The zero-order valence-electron chi connectivity index (χ0n) is 13.4. The van der Waals surface area contributed by atoms with Crippen molar-refractivity contribution in [3.8, 4) is 0 Å². The van der Waals surface area contributed by atoms with Crippen molar-refractivity contribution in [1.82, 2.24) is 5.32 Å². The molecule has 0 spiro atoms. The van der Waals surface area contributed by atoms with E-state index in [-0.39, 0.29) is 5.91 Å². The lowest BCUT2D eigenvalue weighted by Crippen LogP contribution is -2.35. The number of carbonyl (C=O) groups excluding carboxylic acids is 1. The Kier molecular flexibility index (Phi) is 5.43. The molecule has 1 aromatic heterocycles. The fraction of sp³-hybridized carbons (Fsp3) is 0.211. The molecular formula is C19H19NO2S2. The van der Waals surface area contributed by atoms with Gasteiger partial charge in [0.15, 0.2) is 0 Å². The maximum atomic E-state index is 12.6. The maximum absolute atomic E-state index is 12.6. The molecule has 0 aliphatic rings. The van der Waals surface area contributed by atoms with E-state index < -0.39 is 16.0 Å². The molecule has 2 atom stereocenters. The number of hydrogen-bond donors (Lipinski definition) is 1. The second-order valence-corrected chi connectivity index (χ2v) is 8.39. The van der Waals surface area contributed by atoms with E-state index in [9.17, 15) is 9.00 Å². The first kappa shape index (κ1) is 16.9. The summed E-state index contributed by atoms with van der Waals surface area (Å²) >= 11 is 1.60. The van der Waals surface area contributed by atoms with Crippen LogP contribution in [0.1, 0.15) is 17.4 Å². The third-order valence-corrected chi connectivity index (χ3v) is 6.43. The summed E-state index contributed by atoms with van der Waals surface area (Å²) in [5, 5.41) is 6.53. The molecule has 0 radical (unpaired) electrons. The average Bonchev–Trinajstić information content (AvgIpc) is 3.13. The summed E-state index contributed by atoms with van der Waals surface area (Å²) in [6.07, 6.45) is 0. The molecule has 5 heteroatoms. The molecule has 3 nitrogen and oxygen atoms in total. The Balaban J connectivity index is 1.66. The Morgan fingerprint density at radius 3 is 2.71 bits per heavy atom. The molecule has 0 aliphatic heterocycles. The van der Waals surface area contributed by atoms with Gasteiger partial charge in [0.05, 0.1) is 6.54 Å². The molecule has 0 saturated carbocycles. The number of fused-ring (bicyclic) bond motifs is 1. The molecule has 0 bridgehead atoms. The number of rotatable bonds is 6. The first-order valence-electron chi connectivity index (χ1n) is 7.79. The quantitative estimate of drug-likeness (QED) is 0.728. The predicted molar refractivity (Wildman–Crippen MR) is 101 cm³/mol. The molecule has 1 N–H and O–H groups in total. The van der Waals surface area contributed by atoms with Gasteiger partial charge in [-0.05, 0) is 34.7 Å². The summed E-state index contributed by atoms with van der Waals surface area (Å²) in [6.45, 7) is 2.22. The van der Waals surface area contributed by atoms with Crippen LogP contribution in [0.2, 0.25) is 0 Å². The molecule has 24 heavy (non-hydrogen) atoms. The standard InChI is InChI=1S/C19H19NO2S2/c1-14(19(21)20-12-17-9-5-11-23-17)24(22)13-16-8-4-7-15-6-2-3-10-18(15)16/h2-11,14H,12-13H2,1H3,(H,20,21)/t14-,24-/m1/s1. The van der Waals surface area contributed by atoms with Crippen LogP contribution in [0.15, 0.2) is 60.0 Å². The van der Waals surface area contributed by atoms with Gasteiger partial charge >= 0.3 is 0 Å². The van der Waals surface area contributed by atoms with E-state index >= 15 is 0 Å². The molecule has 0 unspecified atom stereocenters. The normalized spacial score (nSPS) is 13.5. The molecule has 0 saturated heterocycles. The van der Waals surface area contributed by atoms with Crippen LogP contribution in [0, 0.1) is 0 Å². The summed E-state index contributed by atoms with van der Waals surface area (Å²) in [5.41, 5.74) is 1.02. The third-order valence-electron chi connectivity index (χ3n) is 3.96. The number of benzene rings is 2. The van der Waals surface area contributed by atoms with Gasteiger partial charge in [-0.1, -0.05) is 48.5 Å². The van der Waals surface area contributed by atoms with Gasteiger partial charge in [0.1, 0.15) is 5.25 Å². The molecule has 2 aromatic carbocycles. The van der Waals surface area contributed by atoms with Crippen molar-refractivity contribution in [3.05, 3.63) is 70.4 Å². The second-order valence-electron chi connectivity index (χ2n) is 5.60. The van der Waals surface area contributed by atoms with E-state index in [1.807, 2.05) is 60.0 Å². The number of amides is 1. The lowest BCUT2D eigenvalue weighted by atomic mass is 10.1. The predicted octanol–water partition coefficient (Wildman–Crippen LogP) is 3.85. The fourth-order valence-electron chi connectivity index (χ4n) is 2.55. The van der Waals surface area contributed by atoms with Gasteiger partial charge in [-0.3, -0.25) is 9.00 Å². The summed E-state index contributed by atoms with van der Waals surface area (Å²) < 4.78 is 12.6. The highest BCUT2D eigenvalue weighted by molar-refractivity contribution is 7.85. The maximum Gasteiger partial charge on any atom is 0.235 e. The van der Waals surface area contributed by atoms with Crippen molar-refractivity contribution in [2.75, 3.05) is 0 Å². The third kappa shape index (κ3) is 3.91. The van der Waals surface area contributed by atoms with E-state index in [0.29, 0.717) is 12.3 Å². The monoisotopic (exact) mass is 357 g/mol. The molecule has 1 heterocycles. The Labute approximate surface area is 148 Å². The van der Waals surface area contributed by atoms with Crippen LogP contribution < -0.4 is 5.32 Å². The van der Waals surface area contributed by atoms with Crippen molar-refractivity contribution in [2.24, 2.45) is 0 Å².